The van der Waals surface area contributed by atoms with Crippen molar-refractivity contribution in [2.24, 2.45) is 0 Å². The minimum absolute atomic E-state index is 0.0630. The van der Waals surface area contributed by atoms with Gasteiger partial charge in [0.2, 0.25) is 5.91 Å². The van der Waals surface area contributed by atoms with Gasteiger partial charge in [-0.05, 0) is 31.0 Å². The van der Waals surface area contributed by atoms with Crippen molar-refractivity contribution in [1.29, 1.82) is 0 Å². The number of aryl methyl sites for hydroxylation is 1. The van der Waals surface area contributed by atoms with Gasteiger partial charge in [-0.1, -0.05) is 6.07 Å². The normalized spacial score (nSPS) is 9.89. The van der Waals surface area contributed by atoms with Crippen LogP contribution in [0.3, 0.4) is 0 Å². The maximum absolute atomic E-state index is 11.1. The molecule has 1 rings (SSSR count). The zero-order valence-corrected chi connectivity index (χ0v) is 10.5. The Hall–Kier alpha value is -2.04. The molecule has 0 unspecified atom stereocenters. The van der Waals surface area contributed by atoms with Crippen molar-refractivity contribution >= 4 is 17.6 Å². The van der Waals surface area contributed by atoms with Gasteiger partial charge in [0.15, 0.2) is 0 Å². The second-order valence-electron chi connectivity index (χ2n) is 3.84. The van der Waals surface area contributed by atoms with Crippen LogP contribution in [0.15, 0.2) is 18.2 Å². The Bertz CT molecular complexity index is 443. The SMILES string of the molecule is CCOc1ccc(CCC(=O)O)cc1NC(C)=O. The molecular formula is C13H17NO4. The van der Waals surface area contributed by atoms with Gasteiger partial charge in [-0.3, -0.25) is 9.59 Å². The molecule has 1 aromatic carbocycles. The lowest BCUT2D eigenvalue weighted by molar-refractivity contribution is -0.137. The molecule has 0 bridgehead atoms. The van der Waals surface area contributed by atoms with E-state index in [0.717, 1.165) is 5.56 Å². The minimum Gasteiger partial charge on any atom is -0.492 e. The number of amides is 1. The molecule has 0 aromatic heterocycles. The molecule has 1 aromatic rings. The van der Waals surface area contributed by atoms with Gasteiger partial charge >= 0.3 is 5.97 Å². The second kappa shape index (κ2) is 6.64. The molecule has 0 saturated carbocycles. The number of benzene rings is 1. The van der Waals surface area contributed by atoms with Gasteiger partial charge in [-0.15, -0.1) is 0 Å². The van der Waals surface area contributed by atoms with Crippen LogP contribution in [0, 0.1) is 0 Å². The van der Waals surface area contributed by atoms with Crippen LogP contribution < -0.4 is 10.1 Å². The molecule has 0 aliphatic carbocycles. The summed E-state index contributed by atoms with van der Waals surface area (Å²) in [6.45, 7) is 3.77. The molecule has 0 aliphatic heterocycles. The number of aliphatic carboxylic acids is 1. The van der Waals surface area contributed by atoms with Crippen LogP contribution in [-0.4, -0.2) is 23.6 Å². The summed E-state index contributed by atoms with van der Waals surface area (Å²) in [4.78, 5) is 21.6. The lowest BCUT2D eigenvalue weighted by atomic mass is 10.1. The fourth-order valence-electron chi connectivity index (χ4n) is 1.55. The second-order valence-corrected chi connectivity index (χ2v) is 3.84. The van der Waals surface area contributed by atoms with Crippen molar-refractivity contribution in [2.75, 3.05) is 11.9 Å². The van der Waals surface area contributed by atoms with Crippen LogP contribution in [0.25, 0.3) is 0 Å². The van der Waals surface area contributed by atoms with Crippen LogP contribution >= 0.6 is 0 Å². The monoisotopic (exact) mass is 251 g/mol. The highest BCUT2D eigenvalue weighted by atomic mass is 16.5. The van der Waals surface area contributed by atoms with Gasteiger partial charge in [-0.2, -0.15) is 0 Å². The molecule has 0 spiro atoms. The quantitative estimate of drug-likeness (QED) is 0.811. The van der Waals surface area contributed by atoms with Crippen LogP contribution in [0.4, 0.5) is 5.69 Å². The van der Waals surface area contributed by atoms with Crippen LogP contribution in [-0.2, 0) is 16.0 Å². The van der Waals surface area contributed by atoms with E-state index in [1.54, 1.807) is 18.2 Å². The van der Waals surface area contributed by atoms with Gasteiger partial charge in [-0.25, -0.2) is 0 Å². The Kier molecular flexibility index (Phi) is 5.17. The molecule has 5 heteroatoms. The number of rotatable bonds is 6. The third-order valence-corrected chi connectivity index (χ3v) is 2.28. The first-order chi connectivity index (χ1) is 8.52. The van der Waals surface area contributed by atoms with E-state index in [9.17, 15) is 9.59 Å². The highest BCUT2D eigenvalue weighted by molar-refractivity contribution is 5.90. The molecule has 1 amide bonds. The van der Waals surface area contributed by atoms with Crippen molar-refractivity contribution in [2.45, 2.75) is 26.7 Å². The average molecular weight is 251 g/mol. The first-order valence-corrected chi connectivity index (χ1v) is 5.78. The molecule has 5 nitrogen and oxygen atoms in total. The first kappa shape index (κ1) is 14.0. The standard InChI is InChI=1S/C13H17NO4/c1-3-18-12-6-4-10(5-7-13(16)17)8-11(12)14-9(2)15/h4,6,8H,3,5,7H2,1-2H3,(H,14,15)(H,16,17). The summed E-state index contributed by atoms with van der Waals surface area (Å²) in [6, 6.07) is 5.29. The van der Waals surface area contributed by atoms with Gasteiger partial charge in [0.25, 0.3) is 0 Å². The third kappa shape index (κ3) is 4.45. The number of carbonyl (C=O) groups is 2. The van der Waals surface area contributed by atoms with E-state index in [4.69, 9.17) is 9.84 Å². The summed E-state index contributed by atoms with van der Waals surface area (Å²) in [5.74, 6) is -0.442. The topological polar surface area (TPSA) is 75.6 Å². The van der Waals surface area contributed by atoms with E-state index in [0.29, 0.717) is 24.5 Å². The van der Waals surface area contributed by atoms with Gasteiger partial charge < -0.3 is 15.2 Å². The third-order valence-electron chi connectivity index (χ3n) is 2.28. The summed E-state index contributed by atoms with van der Waals surface area (Å²) in [6.07, 6.45) is 0.488. The van der Waals surface area contributed by atoms with E-state index < -0.39 is 5.97 Å². The molecule has 0 atom stereocenters. The minimum atomic E-state index is -0.843. The molecular weight excluding hydrogens is 234 g/mol. The smallest absolute Gasteiger partial charge is 0.303 e. The van der Waals surface area contributed by atoms with Gasteiger partial charge in [0.05, 0.1) is 12.3 Å². The molecule has 0 aliphatic rings. The van der Waals surface area contributed by atoms with Crippen molar-refractivity contribution in [3.63, 3.8) is 0 Å². The largest absolute Gasteiger partial charge is 0.492 e. The van der Waals surface area contributed by atoms with Crippen molar-refractivity contribution in [3.05, 3.63) is 23.8 Å². The summed E-state index contributed by atoms with van der Waals surface area (Å²) in [5.41, 5.74) is 1.43. The number of carboxylic acids is 1. The van der Waals surface area contributed by atoms with Crippen molar-refractivity contribution in [3.8, 4) is 5.75 Å². The number of hydrogen-bond donors (Lipinski definition) is 2. The highest BCUT2D eigenvalue weighted by Gasteiger charge is 2.07. The molecule has 0 heterocycles. The number of ether oxygens (including phenoxy) is 1. The van der Waals surface area contributed by atoms with E-state index in [1.807, 2.05) is 6.92 Å². The summed E-state index contributed by atoms with van der Waals surface area (Å²) < 4.78 is 5.39. The Morgan fingerprint density at radius 1 is 1.39 bits per heavy atom. The summed E-state index contributed by atoms with van der Waals surface area (Å²) in [7, 11) is 0. The van der Waals surface area contributed by atoms with Crippen molar-refractivity contribution in [1.82, 2.24) is 0 Å². The Balaban J connectivity index is 2.89. The fraction of sp³-hybridized carbons (Fsp3) is 0.385. The number of carbonyl (C=O) groups excluding carboxylic acids is 1. The number of anilines is 1. The summed E-state index contributed by atoms with van der Waals surface area (Å²) >= 11 is 0. The average Bonchev–Trinajstić information content (AvgIpc) is 2.29. The first-order valence-electron chi connectivity index (χ1n) is 5.78. The molecule has 0 saturated heterocycles. The van der Waals surface area contributed by atoms with E-state index in [1.165, 1.54) is 6.92 Å². The van der Waals surface area contributed by atoms with Gasteiger partial charge in [0, 0.05) is 13.3 Å². The highest BCUT2D eigenvalue weighted by Crippen LogP contribution is 2.26. The van der Waals surface area contributed by atoms with Crippen LogP contribution in [0.2, 0.25) is 0 Å². The Morgan fingerprint density at radius 3 is 2.67 bits per heavy atom. The van der Waals surface area contributed by atoms with Crippen LogP contribution in [0.5, 0.6) is 5.75 Å². The van der Waals surface area contributed by atoms with Gasteiger partial charge in [0.1, 0.15) is 5.75 Å². The van der Waals surface area contributed by atoms with Crippen molar-refractivity contribution < 1.29 is 19.4 Å². The zero-order chi connectivity index (χ0) is 13.5. The van der Waals surface area contributed by atoms with E-state index >= 15 is 0 Å². The predicted octanol–water partition coefficient (Wildman–Crippen LogP) is 2.06. The Labute approximate surface area is 106 Å². The zero-order valence-electron chi connectivity index (χ0n) is 10.5. The molecule has 2 N–H and O–H groups in total. The Morgan fingerprint density at radius 2 is 2.11 bits per heavy atom. The molecule has 98 valence electrons. The lowest BCUT2D eigenvalue weighted by Gasteiger charge is -2.12. The maximum atomic E-state index is 11.1. The van der Waals surface area contributed by atoms with E-state index in [-0.39, 0.29) is 12.3 Å². The molecule has 0 radical (unpaired) electrons. The lowest BCUT2D eigenvalue weighted by Crippen LogP contribution is -2.08. The molecule has 0 fully saturated rings. The number of carboxylic acid groups (broad SMARTS) is 1. The maximum Gasteiger partial charge on any atom is 0.303 e. The fourth-order valence-corrected chi connectivity index (χ4v) is 1.55. The predicted molar refractivity (Wildman–Crippen MR) is 67.9 cm³/mol. The molecule has 18 heavy (non-hydrogen) atoms. The number of nitrogens with one attached hydrogen (secondary N) is 1. The number of hydrogen-bond acceptors (Lipinski definition) is 3. The van der Waals surface area contributed by atoms with E-state index in [2.05, 4.69) is 5.32 Å². The van der Waals surface area contributed by atoms with Crippen LogP contribution in [0.1, 0.15) is 25.8 Å². The summed E-state index contributed by atoms with van der Waals surface area (Å²) in [5, 5.41) is 11.3.